The second kappa shape index (κ2) is 15.0. The van der Waals surface area contributed by atoms with Gasteiger partial charge in [0, 0.05) is 39.5 Å². The Morgan fingerprint density at radius 3 is 1.16 bits per heavy atom. The van der Waals surface area contributed by atoms with Gasteiger partial charge in [-0.3, -0.25) is 0 Å². The van der Waals surface area contributed by atoms with Crippen molar-refractivity contribution in [1.29, 1.82) is 0 Å². The highest BCUT2D eigenvalue weighted by Gasteiger charge is 2.40. The minimum Gasteiger partial charge on any atom is -0.310 e. The Balaban J connectivity index is 1.13. The van der Waals surface area contributed by atoms with Crippen molar-refractivity contribution in [2.75, 3.05) is 9.80 Å². The number of benzene rings is 9. The Hall–Kier alpha value is -7.42. The van der Waals surface area contributed by atoms with Gasteiger partial charge in [-0.25, -0.2) is 0 Å². The van der Waals surface area contributed by atoms with Crippen molar-refractivity contribution in [2.24, 2.45) is 0 Å². The molecule has 0 spiro atoms. The van der Waals surface area contributed by atoms with Crippen LogP contribution in [0.15, 0.2) is 218 Å². The molecular weight excluding hydrogens is 737 g/mol. The Kier molecular flexibility index (Phi) is 9.01. The molecule has 0 unspecified atom stereocenters. The normalized spacial score (nSPS) is 13.1. The largest absolute Gasteiger partial charge is 0.310 e. The van der Waals surface area contributed by atoms with E-state index in [-0.39, 0.29) is 5.41 Å². The van der Waals surface area contributed by atoms with Crippen LogP contribution in [0.3, 0.4) is 0 Å². The van der Waals surface area contributed by atoms with Gasteiger partial charge in [0.25, 0.3) is 0 Å². The van der Waals surface area contributed by atoms with E-state index < -0.39 is 0 Å². The van der Waals surface area contributed by atoms with E-state index in [2.05, 4.69) is 242 Å². The van der Waals surface area contributed by atoms with E-state index in [1.807, 2.05) is 0 Å². The van der Waals surface area contributed by atoms with E-state index >= 15 is 0 Å². The number of hydrogen-bond donors (Lipinski definition) is 0. The summed E-state index contributed by atoms with van der Waals surface area (Å²) >= 11 is 0. The van der Waals surface area contributed by atoms with E-state index in [0.717, 1.165) is 41.3 Å². The third kappa shape index (κ3) is 6.35. The Bertz CT molecular complexity index is 2930. The molecule has 2 aliphatic rings. The van der Waals surface area contributed by atoms with Gasteiger partial charge in [-0.15, -0.1) is 0 Å². The molecular formula is C59H46N2. The molecule has 11 rings (SSSR count). The topological polar surface area (TPSA) is 6.48 Å². The summed E-state index contributed by atoms with van der Waals surface area (Å²) in [6, 6.07) is 80.0. The number of nitrogens with zero attached hydrogens (tertiary/aromatic N) is 2. The summed E-state index contributed by atoms with van der Waals surface area (Å²) in [7, 11) is 0. The fraction of sp³-hybridized carbons (Fsp3) is 0.0847. The van der Waals surface area contributed by atoms with Crippen LogP contribution in [0, 0.1) is 0 Å². The van der Waals surface area contributed by atoms with Crippen molar-refractivity contribution in [3.05, 3.63) is 241 Å². The Morgan fingerprint density at radius 1 is 0.311 bits per heavy atom. The first kappa shape index (κ1) is 36.6. The number of anilines is 6. The van der Waals surface area contributed by atoms with Crippen LogP contribution in [-0.4, -0.2) is 0 Å². The second-order valence-electron chi connectivity index (χ2n) is 16.9. The molecule has 9 aromatic rings. The average molecular weight is 783 g/mol. The highest BCUT2D eigenvalue weighted by atomic mass is 15.1. The smallest absolute Gasteiger partial charge is 0.0471 e. The summed E-state index contributed by atoms with van der Waals surface area (Å²) in [6.07, 6.45) is 1.95. The summed E-state index contributed by atoms with van der Waals surface area (Å²) in [5.74, 6) is 0. The predicted octanol–water partition coefficient (Wildman–Crippen LogP) is 16.0. The van der Waals surface area contributed by atoms with Gasteiger partial charge >= 0.3 is 0 Å². The quantitative estimate of drug-likeness (QED) is 0.151. The zero-order valence-electron chi connectivity index (χ0n) is 34.6. The lowest BCUT2D eigenvalue weighted by Crippen LogP contribution is -2.17. The van der Waals surface area contributed by atoms with Gasteiger partial charge in [-0.2, -0.15) is 0 Å². The van der Waals surface area contributed by atoms with Gasteiger partial charge in [0.15, 0.2) is 0 Å². The molecule has 0 saturated carbocycles. The van der Waals surface area contributed by atoms with Crippen molar-refractivity contribution < 1.29 is 0 Å². The monoisotopic (exact) mass is 782 g/mol. The van der Waals surface area contributed by atoms with Crippen LogP contribution < -0.4 is 9.80 Å². The van der Waals surface area contributed by atoms with Gasteiger partial charge in [-0.1, -0.05) is 153 Å². The van der Waals surface area contributed by atoms with Crippen molar-refractivity contribution in [3.8, 4) is 44.5 Å². The lowest BCUT2D eigenvalue weighted by Gasteiger charge is -2.31. The highest BCUT2D eigenvalue weighted by Crippen LogP contribution is 2.57. The summed E-state index contributed by atoms with van der Waals surface area (Å²) < 4.78 is 0. The average Bonchev–Trinajstić information content (AvgIpc) is 3.54. The van der Waals surface area contributed by atoms with Crippen LogP contribution in [0.5, 0.6) is 0 Å². The van der Waals surface area contributed by atoms with Crippen molar-refractivity contribution in [2.45, 2.75) is 32.1 Å². The molecule has 61 heavy (non-hydrogen) atoms. The summed E-state index contributed by atoms with van der Waals surface area (Å²) in [6.45, 7) is 4.86. The van der Waals surface area contributed by atoms with Gasteiger partial charge in [-0.05, 0) is 158 Å². The molecule has 0 heterocycles. The number of aryl methyl sites for hydroxylation is 2. The molecule has 2 aliphatic carbocycles. The van der Waals surface area contributed by atoms with Crippen LogP contribution in [0.4, 0.5) is 34.1 Å². The first-order valence-electron chi connectivity index (χ1n) is 21.5. The maximum Gasteiger partial charge on any atom is 0.0471 e. The number of fused-ring (bicyclic) bond motifs is 6. The molecule has 0 saturated heterocycles. The molecule has 0 atom stereocenters. The fourth-order valence-corrected chi connectivity index (χ4v) is 9.98. The van der Waals surface area contributed by atoms with Crippen molar-refractivity contribution in [3.63, 3.8) is 0 Å². The molecule has 0 fully saturated rings. The minimum absolute atomic E-state index is 0.264. The molecule has 0 aliphatic heterocycles. The standard InChI is InChI=1S/C59H46N2/c1-59(2)55-40-53-43(33-34-44-35-49(37-51(57(44)53)41-21-9-3-10-22-41)60(45-25-13-5-14-26-45)46-27-15-6-16-28-46)36-54(55)58-52(42-23-11-4-12-24-42)38-50(39-56(58)59)61(47-29-17-7-18-30-47)48-31-19-8-20-32-48/h3-32,35-40H,33-34H2,1-2H3. The van der Waals surface area contributed by atoms with Gasteiger partial charge in [0.2, 0.25) is 0 Å². The zero-order valence-corrected chi connectivity index (χ0v) is 34.6. The molecule has 2 heteroatoms. The SMILES string of the molecule is CC1(C)c2cc3c(cc2-c2c(-c4ccccc4)cc(N(c4ccccc4)c4ccccc4)cc21)CCc1cc(N(c2ccccc2)c2ccccc2)cc(-c2ccccc2)c1-3. The lowest BCUT2D eigenvalue weighted by atomic mass is 9.76. The maximum absolute atomic E-state index is 2.57. The van der Waals surface area contributed by atoms with E-state index in [1.165, 1.54) is 72.4 Å². The molecule has 0 N–H and O–H groups in total. The third-order valence-corrected chi connectivity index (χ3v) is 12.9. The number of rotatable bonds is 8. The van der Waals surface area contributed by atoms with E-state index in [9.17, 15) is 0 Å². The van der Waals surface area contributed by atoms with Crippen LogP contribution in [0.25, 0.3) is 44.5 Å². The highest BCUT2D eigenvalue weighted by molar-refractivity contribution is 5.99. The van der Waals surface area contributed by atoms with Crippen LogP contribution in [0.2, 0.25) is 0 Å². The van der Waals surface area contributed by atoms with Crippen LogP contribution in [0.1, 0.15) is 36.1 Å². The van der Waals surface area contributed by atoms with Gasteiger partial charge < -0.3 is 9.80 Å². The number of hydrogen-bond acceptors (Lipinski definition) is 2. The Labute approximate surface area is 359 Å². The van der Waals surface area contributed by atoms with E-state index in [1.54, 1.807) is 0 Å². The molecule has 9 aromatic carbocycles. The first-order valence-corrected chi connectivity index (χ1v) is 21.5. The van der Waals surface area contributed by atoms with Gasteiger partial charge in [0.05, 0.1) is 0 Å². The maximum atomic E-state index is 2.57. The Morgan fingerprint density at radius 2 is 0.705 bits per heavy atom. The molecule has 0 aromatic heterocycles. The summed E-state index contributed by atoms with van der Waals surface area (Å²) in [5, 5.41) is 0. The molecule has 0 radical (unpaired) electrons. The van der Waals surface area contributed by atoms with E-state index in [0.29, 0.717) is 0 Å². The van der Waals surface area contributed by atoms with Crippen LogP contribution >= 0.6 is 0 Å². The molecule has 292 valence electrons. The summed E-state index contributed by atoms with van der Waals surface area (Å²) in [4.78, 5) is 4.81. The van der Waals surface area contributed by atoms with Gasteiger partial charge in [0.1, 0.15) is 0 Å². The van der Waals surface area contributed by atoms with Crippen molar-refractivity contribution in [1.82, 2.24) is 0 Å². The number of para-hydroxylation sites is 4. The second-order valence-corrected chi connectivity index (χ2v) is 16.9. The lowest BCUT2D eigenvalue weighted by molar-refractivity contribution is 0.660. The minimum atomic E-state index is -0.264. The third-order valence-electron chi connectivity index (χ3n) is 12.9. The van der Waals surface area contributed by atoms with Crippen LogP contribution in [-0.2, 0) is 18.3 Å². The molecule has 0 bridgehead atoms. The fourth-order valence-electron chi connectivity index (χ4n) is 9.98. The first-order chi connectivity index (χ1) is 30.0. The molecule has 2 nitrogen and oxygen atoms in total. The predicted molar refractivity (Wildman–Crippen MR) is 257 cm³/mol. The van der Waals surface area contributed by atoms with Crippen molar-refractivity contribution >= 4 is 34.1 Å². The molecule has 0 amide bonds. The van der Waals surface area contributed by atoms with E-state index in [4.69, 9.17) is 0 Å². The zero-order chi connectivity index (χ0) is 40.9. The summed E-state index contributed by atoms with van der Waals surface area (Å²) in [5.41, 5.74) is 22.6.